The molecule has 0 spiro atoms. The fraction of sp³-hybridized carbons (Fsp3) is 0.286. The number of rotatable bonds is 6. The van der Waals surface area contributed by atoms with Crippen LogP contribution in [0.1, 0.15) is 23.9 Å². The summed E-state index contributed by atoms with van der Waals surface area (Å²) in [5, 5.41) is 4.08. The Kier molecular flexibility index (Phi) is 8.91. The fourth-order valence-electron chi connectivity index (χ4n) is 2.89. The van der Waals surface area contributed by atoms with E-state index in [9.17, 15) is 0 Å². The molecule has 2 heterocycles. The largest absolute Gasteiger partial charge is 0.357 e. The quantitative estimate of drug-likeness (QED) is 0.294. The van der Waals surface area contributed by atoms with Crippen LogP contribution in [0, 0.1) is 6.92 Å². The van der Waals surface area contributed by atoms with Gasteiger partial charge in [0.25, 0.3) is 0 Å². The van der Waals surface area contributed by atoms with E-state index in [2.05, 4.69) is 33.2 Å². The predicted molar refractivity (Wildman–Crippen MR) is 129 cm³/mol. The van der Waals surface area contributed by atoms with E-state index in [1.54, 1.807) is 6.20 Å². The molecule has 0 aliphatic carbocycles. The molecular formula is C21H26ClIN6. The summed E-state index contributed by atoms with van der Waals surface area (Å²) in [5.74, 6) is 2.61. The second-order valence-corrected chi connectivity index (χ2v) is 6.96. The van der Waals surface area contributed by atoms with Crippen LogP contribution in [0.3, 0.4) is 0 Å². The minimum Gasteiger partial charge on any atom is -0.357 e. The number of imidazole rings is 1. The van der Waals surface area contributed by atoms with Gasteiger partial charge in [0, 0.05) is 43.8 Å². The van der Waals surface area contributed by atoms with E-state index < -0.39 is 0 Å². The lowest BCUT2D eigenvalue weighted by Crippen LogP contribution is -2.38. The summed E-state index contributed by atoms with van der Waals surface area (Å²) in [6.07, 6.45) is 5.54. The van der Waals surface area contributed by atoms with Gasteiger partial charge in [0.05, 0.1) is 6.54 Å². The van der Waals surface area contributed by atoms with Crippen molar-refractivity contribution in [3.05, 3.63) is 77.0 Å². The lowest BCUT2D eigenvalue weighted by molar-refractivity contribution is 0.477. The standard InChI is InChI=1S/C21H25ClN6.HI/c1-4-23-21(27(3)15-17-6-5-7-19(22)12-17)26-14-18-8-9-20(25-13-18)28-11-10-24-16(28)2;/h5-13H,4,14-15H2,1-3H3,(H,23,26);1H. The Hall–Kier alpha value is -2.13. The van der Waals surface area contributed by atoms with Gasteiger partial charge in [0.2, 0.25) is 0 Å². The molecule has 8 heteroatoms. The monoisotopic (exact) mass is 524 g/mol. The zero-order valence-corrected chi connectivity index (χ0v) is 19.9. The van der Waals surface area contributed by atoms with E-state index in [-0.39, 0.29) is 24.0 Å². The molecule has 6 nitrogen and oxygen atoms in total. The molecular weight excluding hydrogens is 499 g/mol. The topological polar surface area (TPSA) is 58.3 Å². The zero-order chi connectivity index (χ0) is 19.9. The smallest absolute Gasteiger partial charge is 0.194 e. The first-order chi connectivity index (χ1) is 13.6. The van der Waals surface area contributed by atoms with Crippen LogP contribution >= 0.6 is 35.6 Å². The highest BCUT2D eigenvalue weighted by molar-refractivity contribution is 14.0. The number of halogens is 2. The normalized spacial score (nSPS) is 11.1. The molecule has 0 saturated heterocycles. The maximum absolute atomic E-state index is 6.09. The lowest BCUT2D eigenvalue weighted by atomic mass is 10.2. The van der Waals surface area contributed by atoms with Crippen molar-refractivity contribution < 1.29 is 0 Å². The summed E-state index contributed by atoms with van der Waals surface area (Å²) in [7, 11) is 2.02. The molecule has 0 amide bonds. The van der Waals surface area contributed by atoms with Crippen molar-refractivity contribution in [1.29, 1.82) is 0 Å². The molecule has 2 aromatic heterocycles. The molecule has 1 N–H and O–H groups in total. The maximum atomic E-state index is 6.09. The second kappa shape index (κ2) is 11.2. The van der Waals surface area contributed by atoms with Gasteiger partial charge in [-0.2, -0.15) is 0 Å². The van der Waals surface area contributed by atoms with Crippen LogP contribution in [0.15, 0.2) is 60.0 Å². The van der Waals surface area contributed by atoms with E-state index in [4.69, 9.17) is 16.6 Å². The van der Waals surface area contributed by atoms with Gasteiger partial charge >= 0.3 is 0 Å². The van der Waals surface area contributed by atoms with Crippen LogP contribution in [0.2, 0.25) is 5.02 Å². The molecule has 3 aromatic rings. The molecule has 0 saturated carbocycles. The zero-order valence-electron chi connectivity index (χ0n) is 16.8. The Morgan fingerprint density at radius 3 is 2.66 bits per heavy atom. The van der Waals surface area contributed by atoms with E-state index in [1.807, 2.05) is 61.3 Å². The number of aromatic nitrogens is 3. The molecule has 0 aliphatic heterocycles. The van der Waals surface area contributed by atoms with E-state index in [0.29, 0.717) is 6.54 Å². The Balaban J connectivity index is 0.00000300. The first-order valence-electron chi connectivity index (χ1n) is 9.26. The highest BCUT2D eigenvalue weighted by atomic mass is 127. The van der Waals surface area contributed by atoms with Crippen LogP contribution in [-0.4, -0.2) is 39.0 Å². The average Bonchev–Trinajstić information content (AvgIpc) is 3.11. The molecule has 0 bridgehead atoms. The molecule has 3 rings (SSSR count). The third kappa shape index (κ3) is 6.43. The maximum Gasteiger partial charge on any atom is 0.194 e. The summed E-state index contributed by atoms with van der Waals surface area (Å²) in [6.45, 7) is 6.10. The van der Waals surface area contributed by atoms with E-state index >= 15 is 0 Å². The van der Waals surface area contributed by atoms with Gasteiger partial charge in [-0.05, 0) is 43.2 Å². The van der Waals surface area contributed by atoms with Gasteiger partial charge in [-0.25, -0.2) is 15.0 Å². The predicted octanol–water partition coefficient (Wildman–Crippen LogP) is 4.44. The van der Waals surface area contributed by atoms with Crippen molar-refractivity contribution in [2.45, 2.75) is 26.9 Å². The number of guanidine groups is 1. The van der Waals surface area contributed by atoms with Gasteiger partial charge in [-0.1, -0.05) is 29.8 Å². The van der Waals surface area contributed by atoms with Crippen molar-refractivity contribution in [2.75, 3.05) is 13.6 Å². The van der Waals surface area contributed by atoms with E-state index in [1.165, 1.54) is 0 Å². The number of nitrogens with zero attached hydrogens (tertiary/aromatic N) is 5. The molecule has 0 unspecified atom stereocenters. The Morgan fingerprint density at radius 2 is 2.03 bits per heavy atom. The van der Waals surface area contributed by atoms with Gasteiger partial charge in [-0.3, -0.25) is 4.57 Å². The molecule has 154 valence electrons. The molecule has 0 aliphatic rings. The Labute approximate surface area is 194 Å². The summed E-state index contributed by atoms with van der Waals surface area (Å²) < 4.78 is 1.95. The number of hydrogen-bond acceptors (Lipinski definition) is 3. The number of hydrogen-bond donors (Lipinski definition) is 1. The summed E-state index contributed by atoms with van der Waals surface area (Å²) >= 11 is 6.09. The molecule has 0 radical (unpaired) electrons. The number of nitrogens with one attached hydrogen (secondary N) is 1. The highest BCUT2D eigenvalue weighted by Gasteiger charge is 2.07. The molecule has 1 aromatic carbocycles. The minimum atomic E-state index is 0. The summed E-state index contributed by atoms with van der Waals surface area (Å²) in [6, 6.07) is 11.9. The highest BCUT2D eigenvalue weighted by Crippen LogP contribution is 2.13. The van der Waals surface area contributed by atoms with E-state index in [0.717, 1.165) is 46.8 Å². The van der Waals surface area contributed by atoms with Crippen LogP contribution < -0.4 is 5.32 Å². The van der Waals surface area contributed by atoms with Crippen molar-refractivity contribution >= 4 is 41.5 Å². The number of benzene rings is 1. The second-order valence-electron chi connectivity index (χ2n) is 6.53. The van der Waals surface area contributed by atoms with Crippen molar-refractivity contribution in [1.82, 2.24) is 24.8 Å². The molecule has 0 fully saturated rings. The van der Waals surface area contributed by atoms with Gasteiger partial charge in [0.15, 0.2) is 5.96 Å². The Bertz CT molecular complexity index is 938. The number of aryl methyl sites for hydroxylation is 1. The number of aliphatic imine (C=N–C) groups is 1. The van der Waals surface area contributed by atoms with Crippen molar-refractivity contribution in [3.63, 3.8) is 0 Å². The summed E-state index contributed by atoms with van der Waals surface area (Å²) in [5.41, 5.74) is 2.19. The van der Waals surface area contributed by atoms with Gasteiger partial charge in [0.1, 0.15) is 11.6 Å². The SMILES string of the molecule is CCNC(=NCc1ccc(-n2ccnc2C)nc1)N(C)Cc1cccc(Cl)c1.I. The Morgan fingerprint density at radius 1 is 1.21 bits per heavy atom. The van der Waals surface area contributed by atoms with Gasteiger partial charge < -0.3 is 10.2 Å². The molecule has 29 heavy (non-hydrogen) atoms. The first kappa shape index (κ1) is 23.2. The van der Waals surface area contributed by atoms with Crippen molar-refractivity contribution in [3.8, 4) is 5.82 Å². The first-order valence-corrected chi connectivity index (χ1v) is 9.63. The third-order valence-corrected chi connectivity index (χ3v) is 4.53. The van der Waals surface area contributed by atoms with Crippen LogP contribution in [0.4, 0.5) is 0 Å². The fourth-order valence-corrected chi connectivity index (χ4v) is 3.11. The lowest BCUT2D eigenvalue weighted by Gasteiger charge is -2.22. The van der Waals surface area contributed by atoms with Crippen LogP contribution in [-0.2, 0) is 13.1 Å². The average molecular weight is 525 g/mol. The number of pyridine rings is 1. The minimum absolute atomic E-state index is 0. The third-order valence-electron chi connectivity index (χ3n) is 4.30. The summed E-state index contributed by atoms with van der Waals surface area (Å²) in [4.78, 5) is 15.6. The van der Waals surface area contributed by atoms with Crippen LogP contribution in [0.25, 0.3) is 5.82 Å². The molecule has 0 atom stereocenters. The van der Waals surface area contributed by atoms with Crippen LogP contribution in [0.5, 0.6) is 0 Å². The van der Waals surface area contributed by atoms with Gasteiger partial charge in [-0.15, -0.1) is 24.0 Å². The van der Waals surface area contributed by atoms with Crippen molar-refractivity contribution in [2.24, 2.45) is 4.99 Å².